The third-order valence-corrected chi connectivity index (χ3v) is 3.35. The van der Waals surface area contributed by atoms with Gasteiger partial charge >= 0.3 is 0 Å². The zero-order valence-electron chi connectivity index (χ0n) is 9.07. The van der Waals surface area contributed by atoms with Crippen molar-refractivity contribution in [2.24, 2.45) is 5.92 Å². The molecule has 1 fully saturated rings. The van der Waals surface area contributed by atoms with Crippen molar-refractivity contribution >= 4 is 0 Å². The second-order valence-corrected chi connectivity index (χ2v) is 4.55. The summed E-state index contributed by atoms with van der Waals surface area (Å²) in [5, 5.41) is 10.1. The molecule has 0 saturated heterocycles. The van der Waals surface area contributed by atoms with Gasteiger partial charge in [-0.15, -0.1) is 0 Å². The van der Waals surface area contributed by atoms with Gasteiger partial charge in [-0.2, -0.15) is 0 Å². The second-order valence-electron chi connectivity index (χ2n) is 4.55. The number of rotatable bonds is 2. The van der Waals surface area contributed by atoms with Gasteiger partial charge in [-0.1, -0.05) is 30.3 Å². The fraction of sp³-hybridized carbons (Fsp3) is 0.538. The number of hydrogen-bond donors (Lipinski definition) is 1. The van der Waals surface area contributed by atoms with Crippen LogP contribution in [0.4, 0.5) is 8.78 Å². The summed E-state index contributed by atoms with van der Waals surface area (Å²) >= 11 is 0. The van der Waals surface area contributed by atoms with E-state index in [9.17, 15) is 13.9 Å². The molecule has 1 aliphatic rings. The maximum Gasteiger partial charge on any atom is 0.248 e. The molecule has 0 amide bonds. The fourth-order valence-corrected chi connectivity index (χ4v) is 2.30. The molecular formula is C13H16F2O. The predicted molar refractivity (Wildman–Crippen MR) is 58.3 cm³/mol. The summed E-state index contributed by atoms with van der Waals surface area (Å²) in [5.74, 6) is -2.55. The van der Waals surface area contributed by atoms with E-state index in [2.05, 4.69) is 0 Å². The van der Waals surface area contributed by atoms with E-state index in [0.29, 0.717) is 12.8 Å². The summed E-state index contributed by atoms with van der Waals surface area (Å²) in [6.07, 6.45) is 0.0206. The molecule has 1 unspecified atom stereocenters. The molecule has 1 nitrogen and oxygen atoms in total. The topological polar surface area (TPSA) is 20.2 Å². The summed E-state index contributed by atoms with van der Waals surface area (Å²) in [7, 11) is 0. The van der Waals surface area contributed by atoms with Gasteiger partial charge in [0.2, 0.25) is 5.92 Å². The third kappa shape index (κ3) is 2.59. The van der Waals surface area contributed by atoms with E-state index in [1.54, 1.807) is 0 Å². The molecule has 3 heteroatoms. The molecule has 1 aliphatic carbocycles. The van der Waals surface area contributed by atoms with Gasteiger partial charge in [-0.3, -0.25) is 0 Å². The average Bonchev–Trinajstić information content (AvgIpc) is 2.29. The second kappa shape index (κ2) is 4.50. The Labute approximate surface area is 94.1 Å². The van der Waals surface area contributed by atoms with Gasteiger partial charge in [0.15, 0.2) is 0 Å². The first-order chi connectivity index (χ1) is 7.58. The van der Waals surface area contributed by atoms with Crippen LogP contribution in [0.25, 0.3) is 0 Å². The first kappa shape index (κ1) is 11.5. The largest absolute Gasteiger partial charge is 0.388 e. The first-order valence-corrected chi connectivity index (χ1v) is 5.69. The van der Waals surface area contributed by atoms with Crippen LogP contribution in [-0.2, 0) is 0 Å². The van der Waals surface area contributed by atoms with Crippen LogP contribution in [0.15, 0.2) is 30.3 Å². The van der Waals surface area contributed by atoms with E-state index in [-0.39, 0.29) is 18.8 Å². The van der Waals surface area contributed by atoms with E-state index in [1.807, 2.05) is 30.3 Å². The molecule has 1 atom stereocenters. The summed E-state index contributed by atoms with van der Waals surface area (Å²) in [6, 6.07) is 9.28. The predicted octanol–water partition coefficient (Wildman–Crippen LogP) is 3.55. The van der Waals surface area contributed by atoms with Crippen molar-refractivity contribution < 1.29 is 13.9 Å². The maximum atomic E-state index is 13.0. The molecule has 1 saturated carbocycles. The SMILES string of the molecule is OC(c1ccccc1)C1CCC(F)(F)CC1. The smallest absolute Gasteiger partial charge is 0.248 e. The molecule has 1 aromatic carbocycles. The Morgan fingerprint density at radius 1 is 1.12 bits per heavy atom. The van der Waals surface area contributed by atoms with Gasteiger partial charge in [-0.05, 0) is 24.3 Å². The summed E-state index contributed by atoms with van der Waals surface area (Å²) in [6.45, 7) is 0. The van der Waals surface area contributed by atoms with Crippen molar-refractivity contribution in [3.8, 4) is 0 Å². The molecule has 0 heterocycles. The van der Waals surface area contributed by atoms with Crippen molar-refractivity contribution in [1.29, 1.82) is 0 Å². The van der Waals surface area contributed by atoms with Gasteiger partial charge < -0.3 is 5.11 Å². The van der Waals surface area contributed by atoms with E-state index in [1.165, 1.54) is 0 Å². The Morgan fingerprint density at radius 2 is 1.69 bits per heavy atom. The van der Waals surface area contributed by atoms with Gasteiger partial charge in [0.1, 0.15) is 0 Å². The lowest BCUT2D eigenvalue weighted by Gasteiger charge is -2.31. The highest BCUT2D eigenvalue weighted by Crippen LogP contribution is 2.41. The zero-order valence-corrected chi connectivity index (χ0v) is 9.07. The van der Waals surface area contributed by atoms with Crippen LogP contribution < -0.4 is 0 Å². The number of aliphatic hydroxyl groups excluding tert-OH is 1. The Kier molecular flexibility index (Phi) is 3.24. The summed E-state index contributed by atoms with van der Waals surface area (Å²) < 4.78 is 25.9. The van der Waals surface area contributed by atoms with E-state index in [0.717, 1.165) is 5.56 Å². The van der Waals surface area contributed by atoms with Crippen LogP contribution >= 0.6 is 0 Å². The lowest BCUT2D eigenvalue weighted by molar-refractivity contribution is -0.0627. The van der Waals surface area contributed by atoms with Crippen LogP contribution in [0.5, 0.6) is 0 Å². The first-order valence-electron chi connectivity index (χ1n) is 5.69. The maximum absolute atomic E-state index is 13.0. The van der Waals surface area contributed by atoms with Crippen LogP contribution in [0.2, 0.25) is 0 Å². The summed E-state index contributed by atoms with van der Waals surface area (Å²) in [5.41, 5.74) is 0.831. The van der Waals surface area contributed by atoms with Crippen LogP contribution in [0, 0.1) is 5.92 Å². The lowest BCUT2D eigenvalue weighted by atomic mass is 9.81. The lowest BCUT2D eigenvalue weighted by Crippen LogP contribution is -2.27. The molecule has 1 N–H and O–H groups in total. The Balaban J connectivity index is 2.00. The number of hydrogen-bond acceptors (Lipinski definition) is 1. The minimum Gasteiger partial charge on any atom is -0.388 e. The average molecular weight is 226 g/mol. The van der Waals surface area contributed by atoms with E-state index < -0.39 is 12.0 Å². The van der Waals surface area contributed by atoms with Crippen LogP contribution in [0.1, 0.15) is 37.4 Å². The van der Waals surface area contributed by atoms with E-state index >= 15 is 0 Å². The van der Waals surface area contributed by atoms with Crippen molar-refractivity contribution in [3.63, 3.8) is 0 Å². The Bertz CT molecular complexity index is 327. The Morgan fingerprint density at radius 3 is 2.25 bits per heavy atom. The Hall–Kier alpha value is -0.960. The van der Waals surface area contributed by atoms with Crippen LogP contribution in [0.3, 0.4) is 0 Å². The molecule has 0 aromatic heterocycles. The number of halogens is 2. The highest BCUT2D eigenvalue weighted by molar-refractivity contribution is 5.18. The van der Waals surface area contributed by atoms with Gasteiger partial charge in [-0.25, -0.2) is 8.78 Å². The minimum atomic E-state index is -2.52. The zero-order chi connectivity index (χ0) is 11.6. The third-order valence-electron chi connectivity index (χ3n) is 3.35. The van der Waals surface area contributed by atoms with Crippen molar-refractivity contribution in [1.82, 2.24) is 0 Å². The minimum absolute atomic E-state index is 0.0259. The molecule has 0 aliphatic heterocycles. The number of benzene rings is 1. The molecule has 0 spiro atoms. The number of aliphatic hydroxyl groups is 1. The standard InChI is InChI=1S/C13H16F2O/c14-13(15)8-6-11(7-9-13)12(16)10-4-2-1-3-5-10/h1-5,11-12,16H,6-9H2. The van der Waals surface area contributed by atoms with Gasteiger partial charge in [0, 0.05) is 12.8 Å². The van der Waals surface area contributed by atoms with Crippen molar-refractivity contribution in [2.75, 3.05) is 0 Å². The van der Waals surface area contributed by atoms with Crippen molar-refractivity contribution in [3.05, 3.63) is 35.9 Å². The van der Waals surface area contributed by atoms with Crippen molar-refractivity contribution in [2.45, 2.75) is 37.7 Å². The fourth-order valence-electron chi connectivity index (χ4n) is 2.30. The highest BCUT2D eigenvalue weighted by Gasteiger charge is 2.37. The number of alkyl halides is 2. The normalized spacial score (nSPS) is 22.9. The quantitative estimate of drug-likeness (QED) is 0.817. The van der Waals surface area contributed by atoms with Gasteiger partial charge in [0.05, 0.1) is 6.10 Å². The van der Waals surface area contributed by atoms with Gasteiger partial charge in [0.25, 0.3) is 0 Å². The molecule has 88 valence electrons. The molecule has 0 bridgehead atoms. The summed E-state index contributed by atoms with van der Waals surface area (Å²) in [4.78, 5) is 0. The van der Waals surface area contributed by atoms with Crippen LogP contribution in [-0.4, -0.2) is 11.0 Å². The molecule has 16 heavy (non-hydrogen) atoms. The van der Waals surface area contributed by atoms with E-state index in [4.69, 9.17) is 0 Å². The molecular weight excluding hydrogens is 210 g/mol. The molecule has 2 rings (SSSR count). The molecule has 1 aromatic rings. The monoisotopic (exact) mass is 226 g/mol. The molecule has 0 radical (unpaired) electrons. The highest BCUT2D eigenvalue weighted by atomic mass is 19.3.